The molecular weight excluding hydrogens is 324 g/mol. The van der Waals surface area contributed by atoms with E-state index in [0.29, 0.717) is 5.69 Å². The van der Waals surface area contributed by atoms with Crippen LogP contribution < -0.4 is 10.3 Å². The quantitative estimate of drug-likeness (QED) is 0.675. The highest BCUT2D eigenvalue weighted by Gasteiger charge is 2.31. The number of Topliss-reactive ketones (excluding diaryl/α,β-unsaturated/α-hetero) is 1. The second kappa shape index (κ2) is 5.58. The number of rotatable bonds is 2. The van der Waals surface area contributed by atoms with Gasteiger partial charge in [0, 0.05) is 0 Å². The zero-order valence-corrected chi connectivity index (χ0v) is 13.3. The Balaban J connectivity index is 2.15. The first kappa shape index (κ1) is 14.6. The van der Waals surface area contributed by atoms with E-state index in [0.717, 1.165) is 5.69 Å². The Bertz CT molecular complexity index is 1050. The largest absolute Gasteiger partial charge is 0.469 e. The van der Waals surface area contributed by atoms with Crippen LogP contribution in [-0.4, -0.2) is 21.5 Å². The van der Waals surface area contributed by atoms with Crippen LogP contribution >= 0.6 is 12.2 Å². The van der Waals surface area contributed by atoms with E-state index in [1.165, 1.54) is 4.57 Å². The van der Waals surface area contributed by atoms with Gasteiger partial charge in [0.1, 0.15) is 5.56 Å². The summed E-state index contributed by atoms with van der Waals surface area (Å²) in [6.07, 6.45) is 0. The predicted molar refractivity (Wildman–Crippen MR) is 92.0 cm³/mol. The maximum Gasteiger partial charge on any atom is 0.273 e. The molecule has 4 rings (SSSR count). The van der Waals surface area contributed by atoms with Gasteiger partial charge >= 0.3 is 0 Å². The molecule has 0 radical (unpaired) electrons. The molecule has 118 valence electrons. The van der Waals surface area contributed by atoms with E-state index in [1.807, 2.05) is 48.5 Å². The zero-order chi connectivity index (χ0) is 16.7. The molecule has 5 nitrogen and oxygen atoms in total. The summed E-state index contributed by atoms with van der Waals surface area (Å²) in [6.45, 7) is -0.148. The van der Waals surface area contributed by atoms with Gasteiger partial charge in [-0.15, -0.1) is 0 Å². The van der Waals surface area contributed by atoms with Gasteiger partial charge in [-0.05, 0) is 36.5 Å². The van der Waals surface area contributed by atoms with E-state index >= 15 is 0 Å². The fourth-order valence-corrected chi connectivity index (χ4v) is 3.16. The monoisotopic (exact) mass is 336 g/mol. The van der Waals surface area contributed by atoms with Crippen molar-refractivity contribution in [3.63, 3.8) is 0 Å². The van der Waals surface area contributed by atoms with Crippen molar-refractivity contribution in [3.05, 3.63) is 81.4 Å². The molecule has 24 heavy (non-hydrogen) atoms. The third kappa shape index (κ3) is 2.11. The number of nitrogens with zero attached hydrogens (tertiary/aromatic N) is 2. The van der Waals surface area contributed by atoms with Crippen LogP contribution in [0.3, 0.4) is 0 Å². The van der Waals surface area contributed by atoms with Crippen molar-refractivity contribution in [2.75, 3.05) is 6.61 Å². The Labute approximate surface area is 142 Å². The normalized spacial score (nSPS) is 12.8. The first-order chi connectivity index (χ1) is 11.7. The van der Waals surface area contributed by atoms with Crippen LogP contribution in [0.1, 0.15) is 10.4 Å². The fourth-order valence-electron chi connectivity index (χ4n) is 2.78. The second-order valence-corrected chi connectivity index (χ2v) is 5.69. The summed E-state index contributed by atoms with van der Waals surface area (Å²) in [5.41, 5.74) is 0.935. The molecule has 0 bridgehead atoms. The van der Waals surface area contributed by atoms with Gasteiger partial charge in [0.05, 0.1) is 11.4 Å². The SMILES string of the molecule is O=C1COc2c1c(=O)n(-c1ccccc1)c(=S)n2-c1ccccc1. The molecule has 2 aromatic carbocycles. The lowest BCUT2D eigenvalue weighted by molar-refractivity contribution is 0.0959. The maximum absolute atomic E-state index is 12.9. The summed E-state index contributed by atoms with van der Waals surface area (Å²) in [4.78, 5) is 25.0. The number of para-hydroxylation sites is 2. The Morgan fingerprint density at radius 3 is 1.96 bits per heavy atom. The topological polar surface area (TPSA) is 53.2 Å². The Morgan fingerprint density at radius 1 is 0.833 bits per heavy atom. The maximum atomic E-state index is 12.9. The molecule has 1 aromatic heterocycles. The summed E-state index contributed by atoms with van der Waals surface area (Å²) in [5, 5.41) is 0. The molecule has 0 atom stereocenters. The van der Waals surface area contributed by atoms with E-state index in [1.54, 1.807) is 16.7 Å². The van der Waals surface area contributed by atoms with Gasteiger partial charge in [0.25, 0.3) is 5.56 Å². The van der Waals surface area contributed by atoms with Crippen LogP contribution in [-0.2, 0) is 0 Å². The van der Waals surface area contributed by atoms with Crippen molar-refractivity contribution in [1.82, 2.24) is 9.13 Å². The van der Waals surface area contributed by atoms with Gasteiger partial charge < -0.3 is 4.74 Å². The van der Waals surface area contributed by atoms with E-state index < -0.39 is 5.56 Å². The third-order valence-electron chi connectivity index (χ3n) is 3.86. The van der Waals surface area contributed by atoms with Gasteiger partial charge in [-0.3, -0.25) is 18.7 Å². The Kier molecular flexibility index (Phi) is 3.39. The molecule has 1 aliphatic rings. The number of carbonyl (C=O) groups is 1. The molecular formula is C18H12N2O3S. The molecule has 6 heteroatoms. The van der Waals surface area contributed by atoms with Crippen LogP contribution in [0, 0.1) is 4.77 Å². The van der Waals surface area contributed by atoms with Crippen LogP contribution in [0.5, 0.6) is 5.88 Å². The summed E-state index contributed by atoms with van der Waals surface area (Å²) in [5.74, 6) is -0.118. The van der Waals surface area contributed by atoms with Crippen molar-refractivity contribution in [3.8, 4) is 17.3 Å². The van der Waals surface area contributed by atoms with Gasteiger partial charge in [0.2, 0.25) is 11.7 Å². The number of benzene rings is 2. The van der Waals surface area contributed by atoms with Gasteiger partial charge in [-0.2, -0.15) is 0 Å². The first-order valence-electron chi connectivity index (χ1n) is 7.37. The Morgan fingerprint density at radius 2 is 1.38 bits per heavy atom. The van der Waals surface area contributed by atoms with Gasteiger partial charge in [-0.1, -0.05) is 36.4 Å². The van der Waals surface area contributed by atoms with E-state index in [4.69, 9.17) is 17.0 Å². The van der Waals surface area contributed by atoms with Crippen molar-refractivity contribution in [2.45, 2.75) is 0 Å². The van der Waals surface area contributed by atoms with Crippen molar-refractivity contribution >= 4 is 18.0 Å². The average molecular weight is 336 g/mol. The molecule has 0 saturated heterocycles. The number of ketones is 1. The molecule has 0 unspecified atom stereocenters. The molecule has 2 heterocycles. The fraction of sp³-hybridized carbons (Fsp3) is 0.0556. The molecule has 1 aliphatic heterocycles. The summed E-state index contributed by atoms with van der Waals surface area (Å²) in [6, 6.07) is 18.3. The zero-order valence-electron chi connectivity index (χ0n) is 12.5. The van der Waals surface area contributed by atoms with E-state index in [2.05, 4.69) is 0 Å². The smallest absolute Gasteiger partial charge is 0.273 e. The Hall–Kier alpha value is -2.99. The summed E-state index contributed by atoms with van der Waals surface area (Å²) >= 11 is 5.56. The number of hydrogen-bond acceptors (Lipinski definition) is 4. The van der Waals surface area contributed by atoms with Gasteiger partial charge in [0.15, 0.2) is 11.4 Å². The molecule has 3 aromatic rings. The summed E-state index contributed by atoms with van der Waals surface area (Å²) in [7, 11) is 0. The minimum absolute atomic E-state index is 0.0382. The molecule has 0 spiro atoms. The highest BCUT2D eigenvalue weighted by Crippen LogP contribution is 2.27. The number of ether oxygens (including phenoxy) is 1. The third-order valence-corrected chi connectivity index (χ3v) is 4.23. The minimum atomic E-state index is -0.448. The molecule has 0 amide bonds. The number of carbonyl (C=O) groups excluding carboxylic acids is 1. The van der Waals surface area contributed by atoms with E-state index in [-0.39, 0.29) is 28.6 Å². The number of fused-ring (bicyclic) bond motifs is 1. The lowest BCUT2D eigenvalue weighted by Gasteiger charge is -2.16. The van der Waals surface area contributed by atoms with E-state index in [9.17, 15) is 9.59 Å². The standard InChI is InChI=1S/C18H12N2O3S/c21-14-11-23-17-15(14)16(22)19(12-7-3-1-4-8-12)18(24)20(17)13-9-5-2-6-10-13/h1-10H,11H2. The van der Waals surface area contributed by atoms with Crippen molar-refractivity contribution in [1.29, 1.82) is 0 Å². The minimum Gasteiger partial charge on any atom is -0.469 e. The summed E-state index contributed by atoms with van der Waals surface area (Å²) < 4.78 is 8.74. The number of aromatic nitrogens is 2. The van der Waals surface area contributed by atoms with Crippen molar-refractivity contribution in [2.24, 2.45) is 0 Å². The van der Waals surface area contributed by atoms with Crippen LogP contribution in [0.15, 0.2) is 65.5 Å². The highest BCUT2D eigenvalue weighted by molar-refractivity contribution is 7.71. The van der Waals surface area contributed by atoms with Gasteiger partial charge in [-0.25, -0.2) is 0 Å². The molecule has 0 fully saturated rings. The van der Waals surface area contributed by atoms with Crippen molar-refractivity contribution < 1.29 is 9.53 Å². The lowest BCUT2D eigenvalue weighted by atomic mass is 10.2. The molecule has 0 N–H and O–H groups in total. The second-order valence-electron chi connectivity index (χ2n) is 5.32. The van der Waals surface area contributed by atoms with Crippen LogP contribution in [0.4, 0.5) is 0 Å². The molecule has 0 aliphatic carbocycles. The average Bonchev–Trinajstić information content (AvgIpc) is 2.99. The highest BCUT2D eigenvalue weighted by atomic mass is 32.1. The van der Waals surface area contributed by atoms with Crippen LogP contribution in [0.2, 0.25) is 0 Å². The predicted octanol–water partition coefficient (Wildman–Crippen LogP) is 2.93. The first-order valence-corrected chi connectivity index (χ1v) is 7.78. The number of hydrogen-bond donors (Lipinski definition) is 0. The lowest BCUT2D eigenvalue weighted by Crippen LogP contribution is -2.27. The molecule has 0 saturated carbocycles. The van der Waals surface area contributed by atoms with Crippen LogP contribution in [0.25, 0.3) is 11.4 Å².